The largest absolute Gasteiger partial charge is 0.383 e. The maximum absolute atomic E-state index is 13.5. The smallest absolute Gasteiger partial charge is 0.275 e. The van der Waals surface area contributed by atoms with E-state index in [-0.39, 0.29) is 42.4 Å². The minimum atomic E-state index is -0.389. The molecular formula is C22H21N5O4. The summed E-state index contributed by atoms with van der Waals surface area (Å²) in [5.41, 5.74) is 0.143. The fraction of sp³-hybridized carbons (Fsp3) is 0.227. The van der Waals surface area contributed by atoms with Gasteiger partial charge in [-0.1, -0.05) is 30.3 Å². The molecule has 2 aromatic carbocycles. The fourth-order valence-electron chi connectivity index (χ4n) is 3.45. The molecule has 0 atom stereocenters. The Bertz CT molecular complexity index is 1390. The third kappa shape index (κ3) is 3.95. The Labute approximate surface area is 176 Å². The monoisotopic (exact) mass is 419 g/mol. The van der Waals surface area contributed by atoms with Crippen molar-refractivity contribution in [3.05, 3.63) is 80.8 Å². The number of ether oxygens (including phenoxy) is 1. The van der Waals surface area contributed by atoms with Crippen molar-refractivity contribution in [3.63, 3.8) is 0 Å². The Morgan fingerprint density at radius 2 is 1.74 bits per heavy atom. The predicted octanol–water partition coefficient (Wildman–Crippen LogP) is 1.46. The SMILES string of the molecule is COCCN(Cc1nc2ccccc2c(=O)[nH]1)C(=O)c1nn(C)c(=O)c2ccccc12. The molecule has 4 rings (SSSR count). The van der Waals surface area contributed by atoms with Crippen molar-refractivity contribution in [1.29, 1.82) is 0 Å². The number of aryl methyl sites for hydroxylation is 1. The Morgan fingerprint density at radius 3 is 2.48 bits per heavy atom. The number of hydrogen-bond acceptors (Lipinski definition) is 6. The molecular weight excluding hydrogens is 398 g/mol. The van der Waals surface area contributed by atoms with Crippen LogP contribution in [0.2, 0.25) is 0 Å². The molecule has 0 saturated heterocycles. The third-order valence-electron chi connectivity index (χ3n) is 5.01. The molecule has 0 unspecified atom stereocenters. The topological polar surface area (TPSA) is 110 Å². The number of nitrogens with one attached hydrogen (secondary N) is 1. The number of methoxy groups -OCH3 is 1. The molecule has 4 aromatic rings. The molecule has 31 heavy (non-hydrogen) atoms. The molecule has 2 heterocycles. The Hall–Kier alpha value is -3.85. The number of carbonyl (C=O) groups is 1. The standard InChI is InChI=1S/C22H21N5O4/c1-26-21(29)15-8-4-3-7-14(15)19(25-26)22(30)27(11-12-31-2)13-18-23-17-10-6-5-9-16(17)20(28)24-18/h3-10H,11-13H2,1-2H3,(H,23,24,28). The van der Waals surface area contributed by atoms with Crippen LogP contribution >= 0.6 is 0 Å². The van der Waals surface area contributed by atoms with Gasteiger partial charge in [-0.2, -0.15) is 5.10 Å². The average molecular weight is 419 g/mol. The van der Waals surface area contributed by atoms with Gasteiger partial charge in [-0.15, -0.1) is 0 Å². The van der Waals surface area contributed by atoms with Crippen LogP contribution in [0.25, 0.3) is 21.7 Å². The van der Waals surface area contributed by atoms with Gasteiger partial charge in [0.2, 0.25) is 0 Å². The van der Waals surface area contributed by atoms with Crippen molar-refractivity contribution in [1.82, 2.24) is 24.6 Å². The van der Waals surface area contributed by atoms with Crippen molar-refractivity contribution in [2.45, 2.75) is 6.54 Å². The zero-order valence-corrected chi connectivity index (χ0v) is 17.2. The van der Waals surface area contributed by atoms with Crippen LogP contribution in [0.4, 0.5) is 0 Å². The van der Waals surface area contributed by atoms with E-state index in [0.717, 1.165) is 4.68 Å². The van der Waals surface area contributed by atoms with Gasteiger partial charge in [0.05, 0.1) is 29.4 Å². The zero-order chi connectivity index (χ0) is 22.0. The first kappa shape index (κ1) is 20.4. The van der Waals surface area contributed by atoms with Crippen LogP contribution in [0.5, 0.6) is 0 Å². The van der Waals surface area contributed by atoms with Crippen LogP contribution in [-0.2, 0) is 18.3 Å². The number of aromatic nitrogens is 4. The van der Waals surface area contributed by atoms with E-state index in [2.05, 4.69) is 15.1 Å². The summed E-state index contributed by atoms with van der Waals surface area (Å²) in [5.74, 6) is -0.0399. The van der Waals surface area contributed by atoms with Crippen LogP contribution in [0, 0.1) is 0 Å². The van der Waals surface area contributed by atoms with Crippen molar-refractivity contribution in [2.75, 3.05) is 20.3 Å². The van der Waals surface area contributed by atoms with Gasteiger partial charge in [0.1, 0.15) is 5.82 Å². The summed E-state index contributed by atoms with van der Waals surface area (Å²) in [4.78, 5) is 47.0. The average Bonchev–Trinajstić information content (AvgIpc) is 2.78. The number of hydrogen-bond donors (Lipinski definition) is 1. The first-order chi connectivity index (χ1) is 15.0. The molecule has 9 nitrogen and oxygen atoms in total. The summed E-state index contributed by atoms with van der Waals surface area (Å²) in [7, 11) is 3.05. The highest BCUT2D eigenvalue weighted by Gasteiger charge is 2.23. The maximum atomic E-state index is 13.5. The molecule has 0 aliphatic carbocycles. The second kappa shape index (κ2) is 8.49. The van der Waals surface area contributed by atoms with Gasteiger partial charge in [-0.05, 0) is 18.2 Å². The lowest BCUT2D eigenvalue weighted by atomic mass is 10.1. The predicted molar refractivity (Wildman–Crippen MR) is 116 cm³/mol. The van der Waals surface area contributed by atoms with E-state index in [0.29, 0.717) is 27.5 Å². The number of nitrogens with zero attached hydrogens (tertiary/aromatic N) is 4. The fourth-order valence-corrected chi connectivity index (χ4v) is 3.45. The van der Waals surface area contributed by atoms with Crippen LogP contribution in [0.1, 0.15) is 16.3 Å². The van der Waals surface area contributed by atoms with Gasteiger partial charge in [0.25, 0.3) is 17.0 Å². The zero-order valence-electron chi connectivity index (χ0n) is 17.2. The van der Waals surface area contributed by atoms with Gasteiger partial charge in [-0.3, -0.25) is 14.4 Å². The lowest BCUT2D eigenvalue weighted by molar-refractivity contribution is 0.0669. The van der Waals surface area contributed by atoms with Crippen LogP contribution in [0.3, 0.4) is 0 Å². The molecule has 1 amide bonds. The lowest BCUT2D eigenvalue weighted by Crippen LogP contribution is -2.36. The van der Waals surface area contributed by atoms with Gasteiger partial charge in [0.15, 0.2) is 5.69 Å². The minimum absolute atomic E-state index is 0.0567. The molecule has 0 saturated carbocycles. The number of aromatic amines is 1. The first-order valence-electron chi connectivity index (χ1n) is 9.72. The molecule has 2 aromatic heterocycles. The molecule has 0 aliphatic heterocycles. The first-order valence-corrected chi connectivity index (χ1v) is 9.72. The van der Waals surface area contributed by atoms with Gasteiger partial charge >= 0.3 is 0 Å². The summed E-state index contributed by atoms with van der Waals surface area (Å²) >= 11 is 0. The van der Waals surface area contributed by atoms with Crippen molar-refractivity contribution < 1.29 is 9.53 Å². The number of H-pyrrole nitrogens is 1. The number of fused-ring (bicyclic) bond motifs is 2. The Kier molecular flexibility index (Phi) is 5.59. The van der Waals surface area contributed by atoms with Crippen molar-refractivity contribution in [3.8, 4) is 0 Å². The van der Waals surface area contributed by atoms with Crippen molar-refractivity contribution >= 4 is 27.6 Å². The van der Waals surface area contributed by atoms with Gasteiger partial charge in [0, 0.05) is 26.1 Å². The van der Waals surface area contributed by atoms with E-state index in [9.17, 15) is 14.4 Å². The number of amides is 1. The van der Waals surface area contributed by atoms with E-state index in [1.807, 2.05) is 0 Å². The molecule has 0 radical (unpaired) electrons. The normalized spacial score (nSPS) is 11.2. The second-order valence-corrected chi connectivity index (χ2v) is 7.07. The lowest BCUT2D eigenvalue weighted by Gasteiger charge is -2.22. The number of benzene rings is 2. The number of para-hydroxylation sites is 1. The molecule has 0 aliphatic rings. The van der Waals surface area contributed by atoms with E-state index in [1.54, 1.807) is 55.6 Å². The Balaban J connectivity index is 1.76. The Morgan fingerprint density at radius 1 is 1.06 bits per heavy atom. The van der Waals surface area contributed by atoms with E-state index < -0.39 is 0 Å². The summed E-state index contributed by atoms with van der Waals surface area (Å²) in [5, 5.41) is 5.58. The molecule has 1 N–H and O–H groups in total. The second-order valence-electron chi connectivity index (χ2n) is 7.07. The molecule has 158 valence electrons. The molecule has 0 bridgehead atoms. The summed E-state index contributed by atoms with van der Waals surface area (Å²) in [6.45, 7) is 0.596. The highest BCUT2D eigenvalue weighted by molar-refractivity contribution is 6.04. The quantitative estimate of drug-likeness (QED) is 0.507. The summed E-state index contributed by atoms with van der Waals surface area (Å²) in [6.07, 6.45) is 0. The highest BCUT2D eigenvalue weighted by Crippen LogP contribution is 2.16. The van der Waals surface area contributed by atoms with E-state index >= 15 is 0 Å². The van der Waals surface area contributed by atoms with Gasteiger partial charge < -0.3 is 14.6 Å². The van der Waals surface area contributed by atoms with Crippen molar-refractivity contribution in [2.24, 2.45) is 7.05 Å². The summed E-state index contributed by atoms with van der Waals surface area (Å²) in [6, 6.07) is 13.9. The third-order valence-corrected chi connectivity index (χ3v) is 5.01. The number of rotatable bonds is 6. The van der Waals surface area contributed by atoms with Gasteiger partial charge in [-0.25, -0.2) is 9.67 Å². The van der Waals surface area contributed by atoms with Crippen LogP contribution in [0.15, 0.2) is 58.1 Å². The maximum Gasteiger partial charge on any atom is 0.275 e. The summed E-state index contributed by atoms with van der Waals surface area (Å²) < 4.78 is 6.31. The molecule has 0 fully saturated rings. The molecule has 0 spiro atoms. The van der Waals surface area contributed by atoms with Crippen LogP contribution in [-0.4, -0.2) is 50.8 Å². The molecule has 9 heteroatoms. The highest BCUT2D eigenvalue weighted by atomic mass is 16.5. The van der Waals surface area contributed by atoms with E-state index in [4.69, 9.17) is 4.74 Å². The number of carbonyl (C=O) groups excluding carboxylic acids is 1. The minimum Gasteiger partial charge on any atom is -0.383 e. The van der Waals surface area contributed by atoms with Crippen LogP contribution < -0.4 is 11.1 Å². The van der Waals surface area contributed by atoms with E-state index in [1.165, 1.54) is 11.9 Å².